The lowest BCUT2D eigenvalue weighted by molar-refractivity contribution is 0.523. The molecule has 0 fully saturated rings. The Bertz CT molecular complexity index is 1040. The Balaban J connectivity index is 1.89. The van der Waals surface area contributed by atoms with E-state index in [2.05, 4.69) is 4.98 Å². The number of rotatable bonds is 6. The first-order valence-corrected chi connectivity index (χ1v) is 10.9. The van der Waals surface area contributed by atoms with Crippen LogP contribution in [-0.4, -0.2) is 16.6 Å². The van der Waals surface area contributed by atoms with Crippen LogP contribution in [0.2, 0.25) is 0 Å². The molecule has 2 N–H and O–H groups in total. The standard InChI is InChI=1S/C21H20F2N4S2/c1-14-19(25-13-28-14)27-21(10-5-11-24,15-6-3-2-4-7-15)29-20(26-27)17-12-16(22)8-9-18(17)23/h2-4,6-9,12-13H,5,10-11,24H2,1H3. The summed E-state index contributed by atoms with van der Waals surface area (Å²) in [5.41, 5.74) is 8.77. The molecule has 4 rings (SSSR count). The van der Waals surface area contributed by atoms with Crippen LogP contribution in [0.4, 0.5) is 14.6 Å². The lowest BCUT2D eigenvalue weighted by Gasteiger charge is -2.36. The molecule has 1 aromatic heterocycles. The number of nitrogens with zero attached hydrogens (tertiary/aromatic N) is 3. The van der Waals surface area contributed by atoms with Crippen molar-refractivity contribution >= 4 is 34.0 Å². The second kappa shape index (κ2) is 8.22. The molecule has 1 unspecified atom stereocenters. The molecule has 2 aromatic carbocycles. The predicted octanol–water partition coefficient (Wildman–Crippen LogP) is 5.24. The van der Waals surface area contributed by atoms with Crippen molar-refractivity contribution in [1.82, 2.24) is 4.98 Å². The van der Waals surface area contributed by atoms with Gasteiger partial charge in [-0.3, -0.25) is 0 Å². The van der Waals surface area contributed by atoms with Crippen molar-refractivity contribution in [3.8, 4) is 0 Å². The molecule has 29 heavy (non-hydrogen) atoms. The summed E-state index contributed by atoms with van der Waals surface area (Å²) in [6.45, 7) is 2.50. The Morgan fingerprint density at radius 1 is 1.14 bits per heavy atom. The maximum atomic E-state index is 14.6. The van der Waals surface area contributed by atoms with Crippen molar-refractivity contribution in [1.29, 1.82) is 0 Å². The van der Waals surface area contributed by atoms with Gasteiger partial charge in [0.25, 0.3) is 0 Å². The average molecular weight is 431 g/mol. The number of aryl methyl sites for hydroxylation is 1. The SMILES string of the molecule is Cc1scnc1N1N=C(c2cc(F)ccc2F)SC1(CCCN)c1ccccc1. The first kappa shape index (κ1) is 20.0. The summed E-state index contributed by atoms with van der Waals surface area (Å²) in [6.07, 6.45) is 1.43. The number of hydrogen-bond acceptors (Lipinski definition) is 6. The molecule has 1 aliphatic heterocycles. The summed E-state index contributed by atoms with van der Waals surface area (Å²) in [6, 6.07) is 13.4. The lowest BCUT2D eigenvalue weighted by Crippen LogP contribution is -2.38. The maximum Gasteiger partial charge on any atom is 0.164 e. The van der Waals surface area contributed by atoms with Gasteiger partial charge in [-0.15, -0.1) is 11.3 Å². The molecule has 0 saturated heterocycles. The summed E-state index contributed by atoms with van der Waals surface area (Å²) in [5, 5.41) is 7.04. The fourth-order valence-corrected chi connectivity index (χ4v) is 5.39. The number of nitrogens with two attached hydrogens (primary N) is 1. The zero-order chi connectivity index (χ0) is 20.4. The Labute approximate surface area is 176 Å². The Morgan fingerprint density at radius 3 is 2.62 bits per heavy atom. The molecule has 0 amide bonds. The van der Waals surface area contributed by atoms with Gasteiger partial charge in [0, 0.05) is 10.4 Å². The summed E-state index contributed by atoms with van der Waals surface area (Å²) in [5.74, 6) is -0.286. The lowest BCUT2D eigenvalue weighted by atomic mass is 10.00. The van der Waals surface area contributed by atoms with Gasteiger partial charge in [0.05, 0.1) is 5.51 Å². The second-order valence-corrected chi connectivity index (χ2v) is 9.04. The smallest absolute Gasteiger partial charge is 0.164 e. The third kappa shape index (κ3) is 3.68. The summed E-state index contributed by atoms with van der Waals surface area (Å²) in [7, 11) is 0. The number of aromatic nitrogens is 1. The van der Waals surface area contributed by atoms with Crippen molar-refractivity contribution < 1.29 is 8.78 Å². The predicted molar refractivity (Wildman–Crippen MR) is 116 cm³/mol. The monoisotopic (exact) mass is 430 g/mol. The number of thiazole rings is 1. The molecule has 1 aliphatic rings. The molecule has 0 saturated carbocycles. The van der Waals surface area contributed by atoms with Crippen LogP contribution in [0.3, 0.4) is 0 Å². The third-order valence-electron chi connectivity index (χ3n) is 4.82. The molecule has 150 valence electrons. The number of benzene rings is 2. The molecule has 2 heterocycles. The fourth-order valence-electron chi connectivity index (χ4n) is 3.41. The Kier molecular flexibility index (Phi) is 5.67. The van der Waals surface area contributed by atoms with E-state index in [0.717, 1.165) is 34.8 Å². The highest BCUT2D eigenvalue weighted by Crippen LogP contribution is 2.52. The van der Waals surface area contributed by atoms with Gasteiger partial charge in [0.2, 0.25) is 0 Å². The van der Waals surface area contributed by atoms with E-state index in [1.807, 2.05) is 42.3 Å². The van der Waals surface area contributed by atoms with Gasteiger partial charge in [-0.1, -0.05) is 42.1 Å². The van der Waals surface area contributed by atoms with Crippen molar-refractivity contribution in [2.45, 2.75) is 24.6 Å². The van der Waals surface area contributed by atoms with Crippen molar-refractivity contribution in [3.05, 3.63) is 81.7 Å². The van der Waals surface area contributed by atoms with Gasteiger partial charge >= 0.3 is 0 Å². The number of halogens is 2. The summed E-state index contributed by atoms with van der Waals surface area (Å²) < 4.78 is 28.4. The summed E-state index contributed by atoms with van der Waals surface area (Å²) >= 11 is 2.94. The molecule has 8 heteroatoms. The van der Waals surface area contributed by atoms with E-state index in [-0.39, 0.29) is 5.56 Å². The zero-order valence-corrected chi connectivity index (χ0v) is 17.4. The molecule has 0 spiro atoms. The van der Waals surface area contributed by atoms with Crippen molar-refractivity contribution in [2.75, 3.05) is 11.6 Å². The van der Waals surface area contributed by atoms with Gasteiger partial charge in [-0.25, -0.2) is 18.8 Å². The number of hydrogen-bond donors (Lipinski definition) is 1. The van der Waals surface area contributed by atoms with E-state index in [4.69, 9.17) is 10.8 Å². The van der Waals surface area contributed by atoms with Crippen LogP contribution in [0.25, 0.3) is 0 Å². The van der Waals surface area contributed by atoms with Crippen LogP contribution in [0.5, 0.6) is 0 Å². The minimum absolute atomic E-state index is 0.151. The maximum absolute atomic E-state index is 14.6. The first-order chi connectivity index (χ1) is 14.0. The van der Waals surface area contributed by atoms with Crippen LogP contribution in [-0.2, 0) is 4.87 Å². The minimum atomic E-state index is -0.645. The van der Waals surface area contributed by atoms with E-state index in [9.17, 15) is 8.78 Å². The minimum Gasteiger partial charge on any atom is -0.330 e. The second-order valence-electron chi connectivity index (χ2n) is 6.72. The normalized spacial score (nSPS) is 18.9. The van der Waals surface area contributed by atoms with Gasteiger partial charge in [0.1, 0.15) is 21.5 Å². The van der Waals surface area contributed by atoms with Gasteiger partial charge < -0.3 is 5.73 Å². The molecule has 0 aliphatic carbocycles. The highest BCUT2D eigenvalue weighted by molar-refractivity contribution is 8.15. The molecule has 0 radical (unpaired) electrons. The highest BCUT2D eigenvalue weighted by atomic mass is 32.2. The molecule has 3 aromatic rings. The van der Waals surface area contributed by atoms with E-state index >= 15 is 0 Å². The van der Waals surface area contributed by atoms with Crippen molar-refractivity contribution in [3.63, 3.8) is 0 Å². The number of hydrazone groups is 1. The van der Waals surface area contributed by atoms with Crippen LogP contribution in [0.15, 0.2) is 59.1 Å². The number of anilines is 1. The van der Waals surface area contributed by atoms with Gasteiger partial charge in [0.15, 0.2) is 5.82 Å². The topological polar surface area (TPSA) is 54.5 Å². The van der Waals surface area contributed by atoms with E-state index in [1.54, 1.807) is 5.51 Å². The van der Waals surface area contributed by atoms with Crippen LogP contribution in [0, 0.1) is 18.6 Å². The van der Waals surface area contributed by atoms with E-state index in [1.165, 1.54) is 29.2 Å². The van der Waals surface area contributed by atoms with Crippen molar-refractivity contribution in [2.24, 2.45) is 10.8 Å². The Hall–Kier alpha value is -2.29. The quantitative estimate of drug-likeness (QED) is 0.581. The molecular formula is C21H20F2N4S2. The molecular weight excluding hydrogens is 410 g/mol. The Morgan fingerprint density at radius 2 is 1.93 bits per heavy atom. The summed E-state index contributed by atoms with van der Waals surface area (Å²) in [4.78, 5) is 4.88. The largest absolute Gasteiger partial charge is 0.330 e. The third-order valence-corrected chi connectivity index (χ3v) is 7.01. The average Bonchev–Trinajstić information content (AvgIpc) is 3.33. The van der Waals surface area contributed by atoms with E-state index < -0.39 is 16.5 Å². The first-order valence-electron chi connectivity index (χ1n) is 9.24. The molecule has 0 bridgehead atoms. The highest BCUT2D eigenvalue weighted by Gasteiger charge is 2.47. The van der Waals surface area contributed by atoms with Crippen LogP contribution in [0.1, 0.15) is 28.8 Å². The fraction of sp³-hybridized carbons (Fsp3) is 0.238. The van der Waals surface area contributed by atoms with Gasteiger partial charge in [-0.2, -0.15) is 5.10 Å². The molecule has 4 nitrogen and oxygen atoms in total. The molecule has 1 atom stereocenters. The zero-order valence-electron chi connectivity index (χ0n) is 15.8. The van der Waals surface area contributed by atoms with Crippen LogP contribution >= 0.6 is 23.1 Å². The van der Waals surface area contributed by atoms with E-state index in [0.29, 0.717) is 18.0 Å². The van der Waals surface area contributed by atoms with Gasteiger partial charge in [-0.05, 0) is 50.1 Å². The number of thioether (sulfide) groups is 1. The van der Waals surface area contributed by atoms with Crippen LogP contribution < -0.4 is 10.7 Å².